The Morgan fingerprint density at radius 2 is 1.62 bits per heavy atom. The van der Waals surface area contributed by atoms with E-state index in [0.717, 1.165) is 25.8 Å². The number of hydrogen-bond donors (Lipinski definition) is 0. The van der Waals surface area contributed by atoms with Crippen LogP contribution in [-0.2, 0) is 4.79 Å². The molecule has 0 aromatic rings. The zero-order valence-corrected chi connectivity index (χ0v) is 8.51. The van der Waals surface area contributed by atoms with E-state index in [0.29, 0.717) is 5.91 Å². The van der Waals surface area contributed by atoms with Crippen LogP contribution in [-0.4, -0.2) is 24.4 Å². The molecule has 2 heteroatoms. The zero-order chi connectivity index (χ0) is 9.31. The molecule has 1 heterocycles. The molecule has 1 saturated carbocycles. The Labute approximate surface area is 80.3 Å². The van der Waals surface area contributed by atoms with E-state index in [9.17, 15) is 4.79 Å². The second-order valence-corrected chi connectivity index (χ2v) is 4.67. The van der Waals surface area contributed by atoms with Crippen LogP contribution in [0, 0.1) is 5.41 Å². The molecule has 2 nitrogen and oxygen atoms in total. The van der Waals surface area contributed by atoms with Crippen LogP contribution in [0.25, 0.3) is 0 Å². The molecule has 1 aliphatic heterocycles. The molecule has 0 N–H and O–H groups in total. The quantitative estimate of drug-likeness (QED) is 0.561. The Hall–Kier alpha value is -0.530. The van der Waals surface area contributed by atoms with Crippen LogP contribution in [0.5, 0.6) is 0 Å². The molecule has 1 spiro atoms. The average Bonchev–Trinajstić information content (AvgIpc) is 2.55. The molecule has 2 rings (SSSR count). The molecular weight excluding hydrogens is 162 g/mol. The van der Waals surface area contributed by atoms with Gasteiger partial charge in [-0.05, 0) is 25.7 Å². The fraction of sp³-hybridized carbons (Fsp3) is 0.909. The first-order chi connectivity index (χ1) is 6.25. The summed E-state index contributed by atoms with van der Waals surface area (Å²) >= 11 is 0. The highest BCUT2D eigenvalue weighted by Gasteiger charge is 2.42. The van der Waals surface area contributed by atoms with E-state index in [1.807, 2.05) is 11.9 Å². The van der Waals surface area contributed by atoms with Crippen LogP contribution in [0.1, 0.15) is 44.9 Å². The van der Waals surface area contributed by atoms with Gasteiger partial charge in [0.05, 0.1) is 0 Å². The van der Waals surface area contributed by atoms with Crippen molar-refractivity contribution in [2.45, 2.75) is 44.9 Å². The van der Waals surface area contributed by atoms with Gasteiger partial charge in [0.25, 0.3) is 0 Å². The van der Waals surface area contributed by atoms with Crippen molar-refractivity contribution in [2.24, 2.45) is 5.41 Å². The Balaban J connectivity index is 2.19. The van der Waals surface area contributed by atoms with Crippen molar-refractivity contribution >= 4 is 5.91 Å². The van der Waals surface area contributed by atoms with Gasteiger partial charge in [0.15, 0.2) is 0 Å². The number of rotatable bonds is 0. The minimum absolute atomic E-state index is 0.0747. The van der Waals surface area contributed by atoms with Gasteiger partial charge in [-0.15, -0.1) is 0 Å². The van der Waals surface area contributed by atoms with Crippen LogP contribution in [0.4, 0.5) is 0 Å². The first-order valence-electron chi connectivity index (χ1n) is 5.50. The number of likely N-dealkylation sites (tertiary alicyclic amines) is 1. The molecule has 0 aromatic heterocycles. The summed E-state index contributed by atoms with van der Waals surface area (Å²) in [6.45, 7) is 0.973. The van der Waals surface area contributed by atoms with Crippen LogP contribution in [0.2, 0.25) is 0 Å². The van der Waals surface area contributed by atoms with E-state index in [2.05, 4.69) is 0 Å². The average molecular weight is 181 g/mol. The maximum atomic E-state index is 12.1. The summed E-state index contributed by atoms with van der Waals surface area (Å²) < 4.78 is 0. The van der Waals surface area contributed by atoms with Crippen molar-refractivity contribution < 1.29 is 4.79 Å². The van der Waals surface area contributed by atoms with E-state index >= 15 is 0 Å². The topological polar surface area (TPSA) is 20.3 Å². The molecule has 1 amide bonds. The summed E-state index contributed by atoms with van der Waals surface area (Å²) in [6, 6.07) is 0. The largest absolute Gasteiger partial charge is 0.345 e. The molecule has 13 heavy (non-hydrogen) atoms. The van der Waals surface area contributed by atoms with Gasteiger partial charge in [0.1, 0.15) is 0 Å². The van der Waals surface area contributed by atoms with Crippen molar-refractivity contribution in [2.75, 3.05) is 13.6 Å². The maximum Gasteiger partial charge on any atom is 0.228 e. The minimum Gasteiger partial charge on any atom is -0.345 e. The lowest BCUT2D eigenvalue weighted by Gasteiger charge is -2.29. The van der Waals surface area contributed by atoms with Crippen molar-refractivity contribution in [3.05, 3.63) is 0 Å². The van der Waals surface area contributed by atoms with Crippen molar-refractivity contribution in [1.82, 2.24) is 4.90 Å². The molecule has 2 aliphatic rings. The number of nitrogens with zero attached hydrogens (tertiary/aromatic N) is 1. The Bertz CT molecular complexity index is 206. The standard InChI is InChI=1S/C11H19NO/c1-12-9-5-4-8-11(10(12)13)6-2-3-7-11/h2-9H2,1H3. The molecule has 0 unspecified atom stereocenters. The summed E-state index contributed by atoms with van der Waals surface area (Å²) in [5.74, 6) is 0.433. The zero-order valence-electron chi connectivity index (χ0n) is 8.51. The van der Waals surface area contributed by atoms with Crippen molar-refractivity contribution in [3.63, 3.8) is 0 Å². The summed E-state index contributed by atoms with van der Waals surface area (Å²) in [4.78, 5) is 14.1. The van der Waals surface area contributed by atoms with Crippen LogP contribution in [0.15, 0.2) is 0 Å². The SMILES string of the molecule is CN1CCCCC2(CCCC2)C1=O. The lowest BCUT2D eigenvalue weighted by Crippen LogP contribution is -2.38. The Kier molecular flexibility index (Phi) is 2.31. The fourth-order valence-electron chi connectivity index (χ4n) is 2.94. The van der Waals surface area contributed by atoms with Gasteiger partial charge in [-0.25, -0.2) is 0 Å². The molecule has 1 saturated heterocycles. The second-order valence-electron chi connectivity index (χ2n) is 4.67. The summed E-state index contributed by atoms with van der Waals surface area (Å²) in [5, 5.41) is 0. The number of hydrogen-bond acceptors (Lipinski definition) is 1. The third-order valence-electron chi connectivity index (χ3n) is 3.76. The Morgan fingerprint density at radius 1 is 1.08 bits per heavy atom. The normalized spacial score (nSPS) is 28.1. The van der Waals surface area contributed by atoms with Gasteiger partial charge in [0.2, 0.25) is 5.91 Å². The van der Waals surface area contributed by atoms with Crippen molar-refractivity contribution in [3.8, 4) is 0 Å². The predicted octanol–water partition coefficient (Wildman–Crippen LogP) is 2.19. The van der Waals surface area contributed by atoms with Gasteiger partial charge in [-0.2, -0.15) is 0 Å². The van der Waals surface area contributed by atoms with E-state index < -0.39 is 0 Å². The fourth-order valence-corrected chi connectivity index (χ4v) is 2.94. The van der Waals surface area contributed by atoms with E-state index in [4.69, 9.17) is 0 Å². The second kappa shape index (κ2) is 3.32. The van der Waals surface area contributed by atoms with E-state index in [1.54, 1.807) is 0 Å². The highest BCUT2D eigenvalue weighted by Crippen LogP contribution is 2.44. The first kappa shape index (κ1) is 9.04. The third kappa shape index (κ3) is 1.47. The van der Waals surface area contributed by atoms with Gasteiger partial charge >= 0.3 is 0 Å². The molecule has 74 valence electrons. The molecule has 0 radical (unpaired) electrons. The van der Waals surface area contributed by atoms with E-state index in [-0.39, 0.29) is 5.41 Å². The van der Waals surface area contributed by atoms with Crippen molar-refractivity contribution in [1.29, 1.82) is 0 Å². The molecule has 2 fully saturated rings. The van der Waals surface area contributed by atoms with Crippen LogP contribution in [0.3, 0.4) is 0 Å². The molecule has 1 aliphatic carbocycles. The summed E-state index contributed by atoms with van der Waals surface area (Å²) in [7, 11) is 1.97. The summed E-state index contributed by atoms with van der Waals surface area (Å²) in [6.07, 6.45) is 8.42. The third-order valence-corrected chi connectivity index (χ3v) is 3.76. The molecule has 0 bridgehead atoms. The van der Waals surface area contributed by atoms with Gasteiger partial charge in [-0.1, -0.05) is 19.3 Å². The maximum absolute atomic E-state index is 12.1. The smallest absolute Gasteiger partial charge is 0.228 e. The van der Waals surface area contributed by atoms with Gasteiger partial charge < -0.3 is 4.90 Å². The van der Waals surface area contributed by atoms with Gasteiger partial charge in [0, 0.05) is 19.0 Å². The monoisotopic (exact) mass is 181 g/mol. The van der Waals surface area contributed by atoms with Crippen LogP contribution < -0.4 is 0 Å². The molecular formula is C11H19NO. The Morgan fingerprint density at radius 3 is 2.23 bits per heavy atom. The highest BCUT2D eigenvalue weighted by atomic mass is 16.2. The molecule has 0 aromatic carbocycles. The minimum atomic E-state index is 0.0747. The predicted molar refractivity (Wildman–Crippen MR) is 52.4 cm³/mol. The van der Waals surface area contributed by atoms with Gasteiger partial charge in [-0.3, -0.25) is 4.79 Å². The van der Waals surface area contributed by atoms with E-state index in [1.165, 1.54) is 25.7 Å². The summed E-state index contributed by atoms with van der Waals surface area (Å²) in [5.41, 5.74) is 0.0747. The number of amides is 1. The number of carbonyl (C=O) groups excluding carboxylic acids is 1. The number of carbonyl (C=O) groups is 1. The highest BCUT2D eigenvalue weighted by molar-refractivity contribution is 5.83. The lowest BCUT2D eigenvalue weighted by atomic mass is 9.81. The molecule has 0 atom stereocenters. The van der Waals surface area contributed by atoms with Crippen LogP contribution >= 0.6 is 0 Å². The first-order valence-corrected chi connectivity index (χ1v) is 5.50. The lowest BCUT2D eigenvalue weighted by molar-refractivity contribution is -0.139.